The summed E-state index contributed by atoms with van der Waals surface area (Å²) in [6.07, 6.45) is 0. The molecule has 0 fully saturated rings. The van der Waals surface area contributed by atoms with Crippen LogP contribution < -0.4 is 5.32 Å². The number of rotatable bonds is 5. The van der Waals surface area contributed by atoms with Crippen molar-refractivity contribution in [3.05, 3.63) is 59.7 Å². The average molecular weight is 279 g/mol. The first kappa shape index (κ1) is 13.9. The minimum Gasteiger partial charge on any atom is -0.384 e. The third-order valence-corrected chi connectivity index (χ3v) is 3.75. The Bertz CT molecular complexity index is 558. The van der Waals surface area contributed by atoms with Crippen molar-refractivity contribution in [2.45, 2.75) is 11.8 Å². The molecule has 2 rings (SSSR count). The van der Waals surface area contributed by atoms with Crippen LogP contribution >= 0.6 is 11.8 Å². The highest BCUT2D eigenvalue weighted by Gasteiger charge is 2.04. The number of aryl methyl sites for hydroxylation is 1. The van der Waals surface area contributed by atoms with E-state index in [1.54, 1.807) is 0 Å². The van der Waals surface area contributed by atoms with Gasteiger partial charge in [-0.3, -0.25) is 0 Å². The Balaban J connectivity index is 1.84. The molecule has 100 valence electrons. The van der Waals surface area contributed by atoms with Gasteiger partial charge in [-0.15, -0.1) is 11.8 Å². The minimum absolute atomic E-state index is 0.353. The van der Waals surface area contributed by atoms with E-state index in [1.165, 1.54) is 23.4 Å². The average Bonchev–Trinajstić information content (AvgIpc) is 2.40. The van der Waals surface area contributed by atoms with E-state index in [-0.39, 0.29) is 5.82 Å². The third kappa shape index (κ3) is 3.96. The summed E-state index contributed by atoms with van der Waals surface area (Å²) in [5.74, 6) is -0.104. The molecule has 2 aromatic carbocycles. The predicted molar refractivity (Wildman–Crippen MR) is 76.8 cm³/mol. The molecule has 0 aliphatic heterocycles. The van der Waals surface area contributed by atoms with Crippen LogP contribution in [0.3, 0.4) is 0 Å². The van der Waals surface area contributed by atoms with Gasteiger partial charge >= 0.3 is 0 Å². The molecule has 1 nitrogen and oxygen atoms in total. The van der Waals surface area contributed by atoms with Crippen LogP contribution in [0.5, 0.6) is 0 Å². The van der Waals surface area contributed by atoms with E-state index in [4.69, 9.17) is 0 Å². The summed E-state index contributed by atoms with van der Waals surface area (Å²) in [5.41, 5.74) is 2.24. The first-order chi connectivity index (χ1) is 9.16. The van der Waals surface area contributed by atoms with Crippen molar-refractivity contribution in [3.63, 3.8) is 0 Å². The standard InChI is InChI=1S/C15H15F2NS/c1-11-4-2-3-5-14(11)18-8-9-19-15-10-12(16)6-7-13(15)17/h2-7,10,18H,8-9H2,1H3. The van der Waals surface area contributed by atoms with Gasteiger partial charge < -0.3 is 5.32 Å². The Morgan fingerprint density at radius 3 is 2.68 bits per heavy atom. The topological polar surface area (TPSA) is 12.0 Å². The van der Waals surface area contributed by atoms with Crippen LogP contribution in [0.4, 0.5) is 14.5 Å². The normalized spacial score (nSPS) is 10.5. The number of thioether (sulfide) groups is 1. The maximum absolute atomic E-state index is 13.4. The summed E-state index contributed by atoms with van der Waals surface area (Å²) < 4.78 is 26.4. The minimum atomic E-state index is -0.407. The molecule has 2 aromatic rings. The SMILES string of the molecule is Cc1ccccc1NCCSc1cc(F)ccc1F. The largest absolute Gasteiger partial charge is 0.384 e. The lowest BCUT2D eigenvalue weighted by molar-refractivity contribution is 0.577. The molecular weight excluding hydrogens is 264 g/mol. The van der Waals surface area contributed by atoms with Crippen LogP contribution in [-0.2, 0) is 0 Å². The van der Waals surface area contributed by atoms with Gasteiger partial charge in [0.05, 0.1) is 0 Å². The highest BCUT2D eigenvalue weighted by molar-refractivity contribution is 7.99. The van der Waals surface area contributed by atoms with Crippen LogP contribution in [0.15, 0.2) is 47.4 Å². The van der Waals surface area contributed by atoms with Crippen LogP contribution in [0, 0.1) is 18.6 Å². The molecule has 0 heterocycles. The zero-order valence-electron chi connectivity index (χ0n) is 10.6. The summed E-state index contributed by atoms with van der Waals surface area (Å²) in [5, 5.41) is 3.28. The molecule has 0 unspecified atom stereocenters. The molecule has 0 saturated heterocycles. The number of para-hydroxylation sites is 1. The molecule has 0 saturated carbocycles. The first-order valence-corrected chi connectivity index (χ1v) is 7.03. The molecule has 0 aliphatic carbocycles. The van der Waals surface area contributed by atoms with E-state index < -0.39 is 5.82 Å². The second kappa shape index (κ2) is 6.57. The quantitative estimate of drug-likeness (QED) is 0.640. The van der Waals surface area contributed by atoms with Gasteiger partial charge in [-0.05, 0) is 36.8 Å². The molecule has 0 bridgehead atoms. The number of halogens is 2. The van der Waals surface area contributed by atoms with E-state index in [2.05, 4.69) is 5.32 Å². The van der Waals surface area contributed by atoms with Gasteiger partial charge in [-0.25, -0.2) is 8.78 Å². The van der Waals surface area contributed by atoms with Gasteiger partial charge in [-0.2, -0.15) is 0 Å². The Morgan fingerprint density at radius 2 is 1.89 bits per heavy atom. The first-order valence-electron chi connectivity index (χ1n) is 6.04. The maximum Gasteiger partial charge on any atom is 0.136 e. The second-order valence-electron chi connectivity index (χ2n) is 4.16. The Labute approximate surface area is 116 Å². The molecule has 0 radical (unpaired) electrons. The maximum atomic E-state index is 13.4. The van der Waals surface area contributed by atoms with E-state index in [0.29, 0.717) is 17.2 Å². The van der Waals surface area contributed by atoms with Crippen LogP contribution in [0.25, 0.3) is 0 Å². The van der Waals surface area contributed by atoms with E-state index >= 15 is 0 Å². The van der Waals surface area contributed by atoms with Crippen molar-refractivity contribution < 1.29 is 8.78 Å². The van der Waals surface area contributed by atoms with E-state index in [1.807, 2.05) is 31.2 Å². The summed E-state index contributed by atoms with van der Waals surface area (Å²) >= 11 is 1.31. The van der Waals surface area contributed by atoms with Crippen molar-refractivity contribution in [2.24, 2.45) is 0 Å². The predicted octanol–water partition coefficient (Wildman–Crippen LogP) is 4.48. The van der Waals surface area contributed by atoms with E-state index in [9.17, 15) is 8.78 Å². The van der Waals surface area contributed by atoms with Crippen LogP contribution in [0.2, 0.25) is 0 Å². The lowest BCUT2D eigenvalue weighted by Gasteiger charge is -2.09. The van der Waals surface area contributed by atoms with Crippen LogP contribution in [-0.4, -0.2) is 12.3 Å². The number of anilines is 1. The summed E-state index contributed by atoms with van der Waals surface area (Å²) in [6, 6.07) is 11.5. The van der Waals surface area contributed by atoms with Crippen molar-refractivity contribution in [1.82, 2.24) is 0 Å². The smallest absolute Gasteiger partial charge is 0.136 e. The Morgan fingerprint density at radius 1 is 1.11 bits per heavy atom. The molecule has 19 heavy (non-hydrogen) atoms. The van der Waals surface area contributed by atoms with Gasteiger partial charge in [0.1, 0.15) is 11.6 Å². The lowest BCUT2D eigenvalue weighted by atomic mass is 10.2. The fourth-order valence-electron chi connectivity index (χ4n) is 1.71. The number of benzene rings is 2. The van der Waals surface area contributed by atoms with Gasteiger partial charge in [0.25, 0.3) is 0 Å². The number of hydrogen-bond acceptors (Lipinski definition) is 2. The molecule has 0 aromatic heterocycles. The zero-order chi connectivity index (χ0) is 13.7. The fourth-order valence-corrected chi connectivity index (χ4v) is 2.53. The van der Waals surface area contributed by atoms with Gasteiger partial charge in [0.2, 0.25) is 0 Å². The highest BCUT2D eigenvalue weighted by Crippen LogP contribution is 2.22. The molecule has 4 heteroatoms. The van der Waals surface area contributed by atoms with Gasteiger partial charge in [-0.1, -0.05) is 18.2 Å². The molecule has 0 atom stereocenters. The van der Waals surface area contributed by atoms with E-state index in [0.717, 1.165) is 17.8 Å². The van der Waals surface area contributed by atoms with Gasteiger partial charge in [0, 0.05) is 22.9 Å². The Kier molecular flexibility index (Phi) is 4.80. The molecular formula is C15H15F2NS. The fraction of sp³-hybridized carbons (Fsp3) is 0.200. The second-order valence-corrected chi connectivity index (χ2v) is 5.30. The molecule has 0 amide bonds. The van der Waals surface area contributed by atoms with Crippen molar-refractivity contribution in [3.8, 4) is 0 Å². The van der Waals surface area contributed by atoms with Crippen molar-refractivity contribution >= 4 is 17.4 Å². The summed E-state index contributed by atoms with van der Waals surface area (Å²) in [7, 11) is 0. The third-order valence-electron chi connectivity index (χ3n) is 2.71. The molecule has 0 aliphatic rings. The summed E-state index contributed by atoms with van der Waals surface area (Å²) in [4.78, 5) is 0.353. The van der Waals surface area contributed by atoms with Crippen molar-refractivity contribution in [2.75, 3.05) is 17.6 Å². The van der Waals surface area contributed by atoms with Crippen molar-refractivity contribution in [1.29, 1.82) is 0 Å². The highest BCUT2D eigenvalue weighted by atomic mass is 32.2. The van der Waals surface area contributed by atoms with Gasteiger partial charge in [0.15, 0.2) is 0 Å². The monoisotopic (exact) mass is 279 g/mol. The number of hydrogen-bond donors (Lipinski definition) is 1. The lowest BCUT2D eigenvalue weighted by Crippen LogP contribution is -2.05. The zero-order valence-corrected chi connectivity index (χ0v) is 11.4. The molecule has 0 spiro atoms. The Hall–Kier alpha value is -1.55. The summed E-state index contributed by atoms with van der Waals surface area (Å²) in [6.45, 7) is 2.73. The molecule has 1 N–H and O–H groups in total. The number of nitrogens with one attached hydrogen (secondary N) is 1. The van der Waals surface area contributed by atoms with Crippen LogP contribution in [0.1, 0.15) is 5.56 Å².